The number of fused-ring (bicyclic) bond motifs is 6. The van der Waals surface area contributed by atoms with E-state index < -0.39 is 0 Å². The molecule has 6 heteroatoms. The number of rotatable bonds is 5. The maximum atomic E-state index is 5.60. The fraction of sp³-hybridized carbons (Fsp3) is 0.127. The van der Waals surface area contributed by atoms with Crippen molar-refractivity contribution in [3.63, 3.8) is 0 Å². The van der Waals surface area contributed by atoms with Crippen molar-refractivity contribution in [3.8, 4) is 39.3 Å². The predicted octanol–water partition coefficient (Wildman–Crippen LogP) is 13.8. The van der Waals surface area contributed by atoms with Gasteiger partial charge in [-0.2, -0.15) is 0 Å². The van der Waals surface area contributed by atoms with Crippen molar-refractivity contribution in [2.24, 2.45) is 0 Å². The molecule has 0 unspecified atom stereocenters. The summed E-state index contributed by atoms with van der Waals surface area (Å²) in [5.74, 6) is 1.71. The fourth-order valence-corrected chi connectivity index (χ4v) is 9.87. The Morgan fingerprint density at radius 1 is 0.639 bits per heavy atom. The molecule has 1 aliphatic heterocycles. The number of aromatic nitrogens is 4. The van der Waals surface area contributed by atoms with E-state index in [2.05, 4.69) is 197 Å². The zero-order valence-electron chi connectivity index (χ0n) is 35.0. The van der Waals surface area contributed by atoms with E-state index in [9.17, 15) is 0 Å². The largest absolute Gasteiger partial charge is 2.00 e. The molecule has 298 valence electrons. The van der Waals surface area contributed by atoms with E-state index in [0.29, 0.717) is 0 Å². The molecule has 11 rings (SSSR count). The first-order valence-electron chi connectivity index (χ1n) is 20.7. The average molecular weight is 969 g/mol. The van der Waals surface area contributed by atoms with Crippen LogP contribution in [0.5, 0.6) is 0 Å². The van der Waals surface area contributed by atoms with Gasteiger partial charge in [0.1, 0.15) is 11.6 Å². The molecule has 0 saturated carbocycles. The molecule has 10 aromatic rings. The Labute approximate surface area is 371 Å². The quantitative estimate of drug-likeness (QED) is 0.161. The smallest absolute Gasteiger partial charge is 0.656 e. The first kappa shape index (κ1) is 38.6. The second-order valence-electron chi connectivity index (χ2n) is 16.9. The third-order valence-electron chi connectivity index (χ3n) is 12.5. The van der Waals surface area contributed by atoms with Crippen LogP contribution >= 0.6 is 0 Å². The molecule has 0 fully saturated rings. The van der Waals surface area contributed by atoms with E-state index in [1.807, 2.05) is 12.3 Å². The molecule has 0 bridgehead atoms. The van der Waals surface area contributed by atoms with Crippen LogP contribution in [0.3, 0.4) is 0 Å². The molecule has 0 N–H and O–H groups in total. The van der Waals surface area contributed by atoms with Crippen molar-refractivity contribution >= 4 is 50.0 Å². The molecule has 3 aromatic heterocycles. The van der Waals surface area contributed by atoms with Crippen LogP contribution in [-0.2, 0) is 26.5 Å². The molecule has 5 nitrogen and oxygen atoms in total. The second-order valence-corrected chi connectivity index (χ2v) is 16.9. The Kier molecular flexibility index (Phi) is 9.23. The van der Waals surface area contributed by atoms with Crippen LogP contribution < -0.4 is 9.88 Å². The maximum absolute atomic E-state index is 5.60. The van der Waals surface area contributed by atoms with Crippen LogP contribution in [0.15, 0.2) is 152 Å². The van der Waals surface area contributed by atoms with Gasteiger partial charge in [-0.3, -0.25) is 4.57 Å². The monoisotopic (exact) mass is 968 g/mol. The minimum atomic E-state index is -0.306. The first-order chi connectivity index (χ1) is 29.2. The number of anilines is 3. The van der Waals surface area contributed by atoms with Gasteiger partial charge >= 0.3 is 21.1 Å². The second kappa shape index (κ2) is 14.6. The van der Waals surface area contributed by atoms with Crippen LogP contribution in [0.1, 0.15) is 47.2 Å². The van der Waals surface area contributed by atoms with Crippen molar-refractivity contribution in [1.82, 2.24) is 19.5 Å². The molecule has 0 amide bonds. The summed E-state index contributed by atoms with van der Waals surface area (Å²) in [7, 11) is 0. The van der Waals surface area contributed by atoms with Crippen LogP contribution in [0.4, 0.5) is 17.2 Å². The van der Waals surface area contributed by atoms with Gasteiger partial charge in [-0.25, -0.2) is 9.97 Å². The molecule has 0 spiro atoms. The van der Waals surface area contributed by atoms with E-state index >= 15 is 0 Å². The summed E-state index contributed by atoms with van der Waals surface area (Å²) >= 11 is 0. The van der Waals surface area contributed by atoms with E-state index in [0.717, 1.165) is 83.8 Å². The zero-order chi connectivity index (χ0) is 40.9. The third-order valence-corrected chi connectivity index (χ3v) is 12.5. The molecule has 0 saturated heterocycles. The van der Waals surface area contributed by atoms with Gasteiger partial charge in [0.15, 0.2) is 0 Å². The Morgan fingerprint density at radius 3 is 2.15 bits per heavy atom. The first-order valence-corrected chi connectivity index (χ1v) is 20.7. The predicted molar refractivity (Wildman–Crippen MR) is 248 cm³/mol. The van der Waals surface area contributed by atoms with E-state index in [1.165, 1.54) is 38.9 Å². The van der Waals surface area contributed by atoms with E-state index in [-0.39, 0.29) is 26.5 Å². The number of para-hydroxylation sites is 3. The Hall–Kier alpha value is -6.55. The SMILES string of the molecule is Cc1cc(C)c(-c2ccc3c(c2)N(c2ccccn2)c2[c-]c(-c4cc(C)cc5c4nc(-c4cccc6c4[n-]c4ccccc46)n5-c4ccccc4)ccc2C3(C)C)c(C)c1.[Pt+2]. The molecule has 4 heterocycles. The number of benzene rings is 7. The van der Waals surface area contributed by atoms with Gasteiger partial charge in [-0.1, -0.05) is 133 Å². The van der Waals surface area contributed by atoms with Crippen molar-refractivity contribution in [1.29, 1.82) is 0 Å². The molecule has 1 aliphatic rings. The van der Waals surface area contributed by atoms with Crippen molar-refractivity contribution < 1.29 is 21.1 Å². The normalized spacial score (nSPS) is 13.0. The van der Waals surface area contributed by atoms with Crippen LogP contribution in [-0.4, -0.2) is 14.5 Å². The number of nitrogens with zero attached hydrogens (tertiary/aromatic N) is 5. The number of imidazole rings is 1. The molecule has 0 aliphatic carbocycles. The third kappa shape index (κ3) is 6.09. The van der Waals surface area contributed by atoms with E-state index in [4.69, 9.17) is 15.0 Å². The van der Waals surface area contributed by atoms with E-state index in [1.54, 1.807) is 0 Å². The van der Waals surface area contributed by atoms with Gasteiger partial charge in [-0.05, 0) is 114 Å². The van der Waals surface area contributed by atoms with Crippen LogP contribution in [0.25, 0.3) is 72.2 Å². The molecule has 0 radical (unpaired) electrons. The van der Waals surface area contributed by atoms with Gasteiger partial charge in [0.25, 0.3) is 0 Å². The summed E-state index contributed by atoms with van der Waals surface area (Å²) in [4.78, 5) is 18.1. The molecule has 61 heavy (non-hydrogen) atoms. The van der Waals surface area contributed by atoms with Crippen LogP contribution in [0.2, 0.25) is 0 Å². The van der Waals surface area contributed by atoms with Crippen molar-refractivity contribution in [2.45, 2.75) is 47.0 Å². The standard InChI is InChI=1S/C55H43N5.Pt/c1-33-27-35(3)51(36(4)28-33)38-23-25-45-48(32-38)60(50-21-12-13-26-56-50)47-31-37(22-24-44(47)55(45,5)6)43-29-34(2)30-49-53(43)58-54(59(49)39-15-8-7-9-16-39)42-19-14-18-41-40-17-10-11-20-46(40)57-52(41)42;/h7-30,32H,1-6H3;/q-2;+2. The zero-order valence-corrected chi connectivity index (χ0v) is 37.3. The minimum Gasteiger partial charge on any atom is -0.656 e. The molecular weight excluding hydrogens is 926 g/mol. The summed E-state index contributed by atoms with van der Waals surface area (Å²) in [5, 5.41) is 2.28. The summed E-state index contributed by atoms with van der Waals surface area (Å²) in [6.07, 6.45) is 1.88. The summed E-state index contributed by atoms with van der Waals surface area (Å²) in [6.45, 7) is 13.4. The Balaban J connectivity index is 0.00000445. The van der Waals surface area contributed by atoms with Crippen molar-refractivity contribution in [2.75, 3.05) is 4.90 Å². The fourth-order valence-electron chi connectivity index (χ4n) is 9.87. The summed E-state index contributed by atoms with van der Waals surface area (Å²) in [6, 6.07) is 56.1. The van der Waals surface area contributed by atoms with Gasteiger partial charge in [-0.15, -0.1) is 34.8 Å². The molecular formula is C55H43N5Pt. The minimum absolute atomic E-state index is 0. The Morgan fingerprint density at radius 2 is 1.36 bits per heavy atom. The van der Waals surface area contributed by atoms with Gasteiger partial charge in [0.05, 0.1) is 11.0 Å². The number of hydrogen-bond donors (Lipinski definition) is 0. The van der Waals surface area contributed by atoms with Crippen molar-refractivity contribution in [3.05, 3.63) is 191 Å². The topological polar surface area (TPSA) is 48.1 Å². The van der Waals surface area contributed by atoms with Gasteiger partial charge in [0, 0.05) is 23.1 Å². The van der Waals surface area contributed by atoms with Gasteiger partial charge < -0.3 is 9.88 Å². The Bertz CT molecular complexity index is 3320. The summed E-state index contributed by atoms with van der Waals surface area (Å²) in [5.41, 5.74) is 19.6. The van der Waals surface area contributed by atoms with Gasteiger partial charge in [0.2, 0.25) is 0 Å². The summed E-state index contributed by atoms with van der Waals surface area (Å²) < 4.78 is 2.30. The molecule has 7 aromatic carbocycles. The maximum Gasteiger partial charge on any atom is 2.00 e. The molecule has 0 atom stereocenters. The average Bonchev–Trinajstić information content (AvgIpc) is 3.82. The number of pyridine rings is 1. The number of aryl methyl sites for hydroxylation is 4. The van der Waals surface area contributed by atoms with Crippen LogP contribution in [0, 0.1) is 33.8 Å². The number of hydrogen-bond acceptors (Lipinski definition) is 3.